The van der Waals surface area contributed by atoms with E-state index in [-0.39, 0.29) is 10.9 Å². The molecule has 1 aliphatic carbocycles. The SMILES string of the molecule is O=S(=O)(NC1CCC[C@H](N2c3ccccc3CCc3ccccc32)[C@@H]1O)c1ccc(OC(F)(F)F)cc1. The van der Waals surface area contributed by atoms with Crippen LogP contribution in [0.3, 0.4) is 0 Å². The van der Waals surface area contributed by atoms with Crippen LogP contribution in [0.15, 0.2) is 77.7 Å². The number of fused-ring (bicyclic) bond motifs is 2. The molecule has 3 aromatic rings. The second-order valence-electron chi connectivity index (χ2n) is 9.36. The highest BCUT2D eigenvalue weighted by atomic mass is 32.2. The Labute approximate surface area is 213 Å². The fraction of sp³-hybridized carbons (Fsp3) is 0.333. The third kappa shape index (κ3) is 5.46. The molecular formula is C27H27F3N2O4S. The minimum atomic E-state index is -4.87. The highest BCUT2D eigenvalue weighted by molar-refractivity contribution is 7.89. The molecule has 1 heterocycles. The molecule has 0 bridgehead atoms. The number of hydrogen-bond acceptors (Lipinski definition) is 5. The summed E-state index contributed by atoms with van der Waals surface area (Å²) in [4.78, 5) is 1.94. The van der Waals surface area contributed by atoms with E-state index in [1.54, 1.807) is 0 Å². The van der Waals surface area contributed by atoms with E-state index in [2.05, 4.69) is 26.5 Å². The number of alkyl halides is 3. The minimum absolute atomic E-state index is 0.207. The number of benzene rings is 3. The van der Waals surface area contributed by atoms with Gasteiger partial charge in [-0.3, -0.25) is 0 Å². The van der Waals surface area contributed by atoms with Gasteiger partial charge in [0.05, 0.1) is 23.1 Å². The van der Waals surface area contributed by atoms with Gasteiger partial charge in [0.1, 0.15) is 5.75 Å². The second kappa shape index (κ2) is 10.00. The Morgan fingerprint density at radius 2 is 1.43 bits per heavy atom. The van der Waals surface area contributed by atoms with Crippen molar-refractivity contribution in [3.63, 3.8) is 0 Å². The monoisotopic (exact) mass is 532 g/mol. The summed E-state index contributed by atoms with van der Waals surface area (Å²) in [5.41, 5.74) is 4.32. The van der Waals surface area contributed by atoms with Gasteiger partial charge < -0.3 is 14.7 Å². The van der Waals surface area contributed by atoms with Gasteiger partial charge in [-0.05, 0) is 79.6 Å². The van der Waals surface area contributed by atoms with Gasteiger partial charge in [-0.1, -0.05) is 36.4 Å². The first-order valence-electron chi connectivity index (χ1n) is 12.1. The topological polar surface area (TPSA) is 78.9 Å². The summed E-state index contributed by atoms with van der Waals surface area (Å²) in [5.74, 6) is -0.511. The number of hydrogen-bond donors (Lipinski definition) is 2. The maximum atomic E-state index is 13.1. The fourth-order valence-electron chi connectivity index (χ4n) is 5.33. The zero-order valence-electron chi connectivity index (χ0n) is 19.9. The third-order valence-electron chi connectivity index (χ3n) is 6.99. The Bertz CT molecular complexity index is 1320. The number of anilines is 2. The fourth-order valence-corrected chi connectivity index (χ4v) is 6.61. The molecule has 3 aromatic carbocycles. The van der Waals surface area contributed by atoms with Crippen LogP contribution in [0, 0.1) is 0 Å². The first-order valence-corrected chi connectivity index (χ1v) is 13.6. The molecule has 1 unspecified atom stereocenters. The summed E-state index contributed by atoms with van der Waals surface area (Å²) in [5, 5.41) is 11.5. The van der Waals surface area contributed by atoms with E-state index in [1.165, 1.54) is 0 Å². The maximum absolute atomic E-state index is 13.1. The average molecular weight is 533 g/mol. The summed E-state index contributed by atoms with van der Waals surface area (Å²) < 4.78 is 69.9. The Kier molecular flexibility index (Phi) is 6.91. The van der Waals surface area contributed by atoms with Gasteiger partial charge in [0, 0.05) is 11.4 Å². The Hall–Kier alpha value is -3.08. The third-order valence-corrected chi connectivity index (χ3v) is 8.50. The number of aryl methyl sites for hydroxylation is 2. The number of aliphatic hydroxyl groups excluding tert-OH is 1. The quantitative estimate of drug-likeness (QED) is 0.479. The second-order valence-corrected chi connectivity index (χ2v) is 11.1. The van der Waals surface area contributed by atoms with Crippen LogP contribution in [0.25, 0.3) is 0 Å². The lowest BCUT2D eigenvalue weighted by molar-refractivity contribution is -0.274. The Morgan fingerprint density at radius 1 is 0.865 bits per heavy atom. The number of nitrogens with zero attached hydrogens (tertiary/aromatic N) is 1. The van der Waals surface area contributed by atoms with Gasteiger partial charge in [-0.15, -0.1) is 13.2 Å². The Balaban J connectivity index is 1.41. The molecular weight excluding hydrogens is 505 g/mol. The largest absolute Gasteiger partial charge is 0.573 e. The zero-order valence-corrected chi connectivity index (χ0v) is 20.7. The molecule has 196 valence electrons. The molecule has 2 aliphatic rings. The van der Waals surface area contributed by atoms with Gasteiger partial charge in [0.25, 0.3) is 0 Å². The van der Waals surface area contributed by atoms with Gasteiger partial charge in [0.2, 0.25) is 10.0 Å². The van der Waals surface area contributed by atoms with Crippen molar-refractivity contribution < 1.29 is 31.4 Å². The lowest BCUT2D eigenvalue weighted by Crippen LogP contribution is -2.55. The molecule has 10 heteroatoms. The van der Waals surface area contributed by atoms with Gasteiger partial charge in [0.15, 0.2) is 0 Å². The molecule has 0 spiro atoms. The van der Waals surface area contributed by atoms with Crippen molar-refractivity contribution in [3.05, 3.63) is 83.9 Å². The van der Waals surface area contributed by atoms with E-state index in [0.29, 0.717) is 19.3 Å². The molecule has 2 N–H and O–H groups in total. The molecule has 0 saturated heterocycles. The number of nitrogens with one attached hydrogen (secondary N) is 1. The summed E-state index contributed by atoms with van der Waals surface area (Å²) >= 11 is 0. The molecule has 6 nitrogen and oxygen atoms in total. The van der Waals surface area contributed by atoms with E-state index in [0.717, 1.165) is 59.6 Å². The summed E-state index contributed by atoms with van der Waals surface area (Å²) in [6, 6.07) is 19.0. The molecule has 1 fully saturated rings. The number of rotatable bonds is 5. The molecule has 1 saturated carbocycles. The van der Waals surface area contributed by atoms with Crippen LogP contribution in [0.2, 0.25) is 0 Å². The molecule has 3 atom stereocenters. The number of sulfonamides is 1. The smallest absolute Gasteiger partial charge is 0.406 e. The van der Waals surface area contributed by atoms with Crippen LogP contribution in [-0.2, 0) is 22.9 Å². The molecule has 0 aromatic heterocycles. The van der Waals surface area contributed by atoms with Crippen molar-refractivity contribution in [2.24, 2.45) is 0 Å². The van der Waals surface area contributed by atoms with Crippen LogP contribution < -0.4 is 14.4 Å². The van der Waals surface area contributed by atoms with E-state index in [1.807, 2.05) is 36.4 Å². The van der Waals surface area contributed by atoms with Gasteiger partial charge >= 0.3 is 6.36 Å². The first kappa shape index (κ1) is 25.6. The number of halogens is 3. The first-order chi connectivity index (χ1) is 17.6. The van der Waals surface area contributed by atoms with Crippen LogP contribution >= 0.6 is 0 Å². The van der Waals surface area contributed by atoms with Crippen LogP contribution in [0.4, 0.5) is 24.5 Å². The predicted octanol–water partition coefficient (Wildman–Crippen LogP) is 5.08. The number of aliphatic hydroxyl groups is 1. The minimum Gasteiger partial charge on any atom is -0.406 e. The van der Waals surface area contributed by atoms with Crippen molar-refractivity contribution in [2.75, 3.05) is 4.90 Å². The lowest BCUT2D eigenvalue weighted by atomic mass is 9.86. The van der Waals surface area contributed by atoms with E-state index in [9.17, 15) is 26.7 Å². The average Bonchev–Trinajstić information content (AvgIpc) is 3.02. The summed E-state index contributed by atoms with van der Waals surface area (Å²) in [6.45, 7) is 0. The van der Waals surface area contributed by atoms with Crippen molar-refractivity contribution >= 4 is 21.4 Å². The van der Waals surface area contributed by atoms with Crippen LogP contribution in [0.5, 0.6) is 5.75 Å². The van der Waals surface area contributed by atoms with Gasteiger partial charge in [-0.2, -0.15) is 0 Å². The molecule has 0 radical (unpaired) electrons. The Morgan fingerprint density at radius 3 is 2.00 bits per heavy atom. The maximum Gasteiger partial charge on any atom is 0.573 e. The van der Waals surface area contributed by atoms with Crippen molar-refractivity contribution in [2.45, 2.75) is 61.5 Å². The molecule has 37 heavy (non-hydrogen) atoms. The highest BCUT2D eigenvalue weighted by Crippen LogP contribution is 2.41. The molecule has 5 rings (SSSR count). The van der Waals surface area contributed by atoms with Gasteiger partial charge in [-0.25, -0.2) is 13.1 Å². The highest BCUT2D eigenvalue weighted by Gasteiger charge is 2.40. The zero-order chi connectivity index (χ0) is 26.2. The van der Waals surface area contributed by atoms with Crippen molar-refractivity contribution in [1.82, 2.24) is 4.72 Å². The van der Waals surface area contributed by atoms with Crippen LogP contribution in [-0.4, -0.2) is 38.1 Å². The number of para-hydroxylation sites is 2. The van der Waals surface area contributed by atoms with Crippen molar-refractivity contribution in [1.29, 1.82) is 0 Å². The summed E-state index contributed by atoms with van der Waals surface area (Å²) in [6.07, 6.45) is -2.38. The summed E-state index contributed by atoms with van der Waals surface area (Å²) in [7, 11) is -4.10. The lowest BCUT2D eigenvalue weighted by Gasteiger charge is -2.43. The number of ether oxygens (including phenoxy) is 1. The standard InChI is InChI=1S/C27H27F3N2O4S/c28-27(29,30)36-20-14-16-21(17-15-20)37(34,35)31-22-8-5-11-25(26(22)33)32-23-9-3-1-6-18(23)12-13-19-7-2-4-10-24(19)32/h1-4,6-7,9-10,14-17,22,25-26,31,33H,5,8,11-13H2/t22?,25-,26+/m0/s1. The predicted molar refractivity (Wildman–Crippen MR) is 133 cm³/mol. The van der Waals surface area contributed by atoms with E-state index < -0.39 is 34.3 Å². The van der Waals surface area contributed by atoms with Crippen LogP contribution in [0.1, 0.15) is 30.4 Å². The van der Waals surface area contributed by atoms with E-state index in [4.69, 9.17) is 0 Å². The molecule has 1 aliphatic heterocycles. The normalized spacial score (nSPS) is 22.1. The van der Waals surface area contributed by atoms with E-state index >= 15 is 0 Å². The molecule has 0 amide bonds. The van der Waals surface area contributed by atoms with Crippen molar-refractivity contribution in [3.8, 4) is 5.75 Å².